The van der Waals surface area contributed by atoms with Crippen LogP contribution in [0.3, 0.4) is 0 Å². The van der Waals surface area contributed by atoms with Gasteiger partial charge in [0, 0.05) is 13.0 Å². The Morgan fingerprint density at radius 1 is 0.657 bits per heavy atom. The summed E-state index contributed by atoms with van der Waals surface area (Å²) in [6, 6.07) is 20.9. The third-order valence-corrected chi connectivity index (χ3v) is 5.36. The zero-order valence-corrected chi connectivity index (χ0v) is 20.2. The zero-order chi connectivity index (χ0) is 25.0. The molecule has 0 heterocycles. The summed E-state index contributed by atoms with van der Waals surface area (Å²) in [5, 5.41) is 0. The van der Waals surface area contributed by atoms with Crippen LogP contribution in [0.1, 0.15) is 32.7 Å². The highest BCUT2D eigenvalue weighted by Crippen LogP contribution is 2.23. The topological polar surface area (TPSA) is 80.3 Å². The molecule has 184 valence electrons. The van der Waals surface area contributed by atoms with Crippen molar-refractivity contribution in [1.82, 2.24) is 0 Å². The van der Waals surface area contributed by atoms with E-state index in [0.29, 0.717) is 32.0 Å². The molecule has 0 saturated carbocycles. The van der Waals surface area contributed by atoms with Crippen LogP contribution in [-0.2, 0) is 20.6 Å². The first-order valence-electron chi connectivity index (χ1n) is 11.3. The SMILES string of the molecule is COC(=O)c1cc(OCCCOCCc2ccc(-c3ccc(OC)cc3)cc2)cc(C(=O)OC)c1. The summed E-state index contributed by atoms with van der Waals surface area (Å²) in [5.41, 5.74) is 3.94. The number of benzene rings is 3. The molecule has 0 fully saturated rings. The predicted molar refractivity (Wildman–Crippen MR) is 132 cm³/mol. The van der Waals surface area contributed by atoms with Gasteiger partial charge in [0.15, 0.2) is 0 Å². The molecule has 0 amide bonds. The Hall–Kier alpha value is -3.84. The van der Waals surface area contributed by atoms with Crippen LogP contribution in [0.4, 0.5) is 0 Å². The molecule has 0 aliphatic heterocycles. The fourth-order valence-corrected chi connectivity index (χ4v) is 3.44. The first-order chi connectivity index (χ1) is 17.0. The van der Waals surface area contributed by atoms with Gasteiger partial charge in [-0.2, -0.15) is 0 Å². The van der Waals surface area contributed by atoms with Crippen molar-refractivity contribution in [1.29, 1.82) is 0 Å². The van der Waals surface area contributed by atoms with Crippen molar-refractivity contribution < 1.29 is 33.3 Å². The lowest BCUT2D eigenvalue weighted by atomic mass is 10.0. The number of hydrogen-bond donors (Lipinski definition) is 0. The minimum absolute atomic E-state index is 0.222. The van der Waals surface area contributed by atoms with Crippen molar-refractivity contribution in [2.45, 2.75) is 12.8 Å². The maximum Gasteiger partial charge on any atom is 0.338 e. The predicted octanol–water partition coefficient (Wildman–Crippen LogP) is 4.96. The molecule has 3 rings (SSSR count). The first-order valence-corrected chi connectivity index (χ1v) is 11.3. The van der Waals surface area contributed by atoms with E-state index < -0.39 is 11.9 Å². The lowest BCUT2D eigenvalue weighted by molar-refractivity contribution is 0.0598. The fraction of sp³-hybridized carbons (Fsp3) is 0.286. The van der Waals surface area contributed by atoms with Crippen LogP contribution >= 0.6 is 0 Å². The van der Waals surface area contributed by atoms with E-state index in [9.17, 15) is 9.59 Å². The van der Waals surface area contributed by atoms with Gasteiger partial charge < -0.3 is 23.7 Å². The second kappa shape index (κ2) is 13.2. The Bertz CT molecular complexity index is 1070. The van der Waals surface area contributed by atoms with Gasteiger partial charge in [-0.3, -0.25) is 0 Å². The van der Waals surface area contributed by atoms with E-state index in [-0.39, 0.29) is 11.1 Å². The van der Waals surface area contributed by atoms with Gasteiger partial charge in [-0.1, -0.05) is 36.4 Å². The van der Waals surface area contributed by atoms with E-state index >= 15 is 0 Å². The molecule has 0 unspecified atom stereocenters. The second-order valence-electron chi connectivity index (χ2n) is 7.72. The normalized spacial score (nSPS) is 10.5. The molecule has 0 atom stereocenters. The van der Waals surface area contributed by atoms with Gasteiger partial charge >= 0.3 is 11.9 Å². The number of esters is 2. The summed E-state index contributed by atoms with van der Waals surface area (Å²) in [5.74, 6) is 0.126. The minimum atomic E-state index is -0.555. The van der Waals surface area contributed by atoms with E-state index in [1.165, 1.54) is 38.0 Å². The highest BCUT2D eigenvalue weighted by molar-refractivity contribution is 5.96. The maximum atomic E-state index is 11.9. The zero-order valence-electron chi connectivity index (χ0n) is 20.2. The molecule has 35 heavy (non-hydrogen) atoms. The average molecular weight is 479 g/mol. The van der Waals surface area contributed by atoms with Crippen molar-refractivity contribution in [3.8, 4) is 22.6 Å². The average Bonchev–Trinajstić information content (AvgIpc) is 2.91. The van der Waals surface area contributed by atoms with Crippen LogP contribution in [0.15, 0.2) is 66.7 Å². The monoisotopic (exact) mass is 478 g/mol. The van der Waals surface area contributed by atoms with Crippen LogP contribution in [0, 0.1) is 0 Å². The fourth-order valence-electron chi connectivity index (χ4n) is 3.44. The van der Waals surface area contributed by atoms with Crippen LogP contribution < -0.4 is 9.47 Å². The molecule has 3 aromatic rings. The highest BCUT2D eigenvalue weighted by Gasteiger charge is 2.14. The summed E-state index contributed by atoms with van der Waals surface area (Å²) in [7, 11) is 4.22. The Morgan fingerprint density at radius 2 is 1.23 bits per heavy atom. The number of hydrogen-bond acceptors (Lipinski definition) is 7. The van der Waals surface area contributed by atoms with E-state index in [2.05, 4.69) is 24.3 Å². The lowest BCUT2D eigenvalue weighted by Gasteiger charge is -2.10. The van der Waals surface area contributed by atoms with Crippen molar-refractivity contribution in [2.75, 3.05) is 41.2 Å². The van der Waals surface area contributed by atoms with E-state index in [0.717, 1.165) is 23.3 Å². The Balaban J connectivity index is 1.40. The number of rotatable bonds is 12. The summed E-state index contributed by atoms with van der Waals surface area (Å²) >= 11 is 0. The largest absolute Gasteiger partial charge is 0.497 e. The first kappa shape index (κ1) is 25.8. The third-order valence-electron chi connectivity index (χ3n) is 5.36. The van der Waals surface area contributed by atoms with Gasteiger partial charge in [-0.15, -0.1) is 0 Å². The number of ether oxygens (including phenoxy) is 5. The van der Waals surface area contributed by atoms with Gasteiger partial charge in [-0.05, 0) is 53.4 Å². The van der Waals surface area contributed by atoms with Crippen LogP contribution in [-0.4, -0.2) is 53.1 Å². The van der Waals surface area contributed by atoms with Gasteiger partial charge in [0.1, 0.15) is 11.5 Å². The smallest absolute Gasteiger partial charge is 0.338 e. The quantitative estimate of drug-likeness (QED) is 0.269. The molecule has 0 aliphatic rings. The number of methoxy groups -OCH3 is 3. The standard InChI is InChI=1S/C28H30O7/c1-31-25-11-9-22(10-12-25)21-7-5-20(6-8-21)13-16-34-14-4-15-35-26-18-23(27(29)32-2)17-24(19-26)28(30)33-3/h5-12,17-19H,4,13-16H2,1-3H3. The summed E-state index contributed by atoms with van der Waals surface area (Å²) in [6.45, 7) is 1.51. The second-order valence-corrected chi connectivity index (χ2v) is 7.72. The van der Waals surface area contributed by atoms with Crippen molar-refractivity contribution in [3.63, 3.8) is 0 Å². The van der Waals surface area contributed by atoms with E-state index in [1.807, 2.05) is 24.3 Å². The molecule has 0 saturated heterocycles. The molecule has 0 aliphatic carbocycles. The van der Waals surface area contributed by atoms with Crippen LogP contribution in [0.5, 0.6) is 11.5 Å². The van der Waals surface area contributed by atoms with Gasteiger partial charge in [-0.25, -0.2) is 9.59 Å². The molecule has 3 aromatic carbocycles. The number of carbonyl (C=O) groups is 2. The van der Waals surface area contributed by atoms with Crippen LogP contribution in [0.2, 0.25) is 0 Å². The van der Waals surface area contributed by atoms with E-state index in [4.69, 9.17) is 23.7 Å². The van der Waals surface area contributed by atoms with E-state index in [1.54, 1.807) is 7.11 Å². The molecule has 0 aromatic heterocycles. The molecule has 0 N–H and O–H groups in total. The van der Waals surface area contributed by atoms with Crippen molar-refractivity contribution >= 4 is 11.9 Å². The summed E-state index contributed by atoms with van der Waals surface area (Å²) < 4.78 is 26.1. The van der Waals surface area contributed by atoms with Gasteiger partial charge in [0.2, 0.25) is 0 Å². The summed E-state index contributed by atoms with van der Waals surface area (Å²) in [6.07, 6.45) is 1.47. The maximum absolute atomic E-state index is 11.9. The Labute approximate surface area is 205 Å². The highest BCUT2D eigenvalue weighted by atomic mass is 16.5. The minimum Gasteiger partial charge on any atom is -0.497 e. The molecule has 0 spiro atoms. The van der Waals surface area contributed by atoms with Gasteiger partial charge in [0.05, 0.1) is 45.7 Å². The molecule has 7 heteroatoms. The molecule has 7 nitrogen and oxygen atoms in total. The van der Waals surface area contributed by atoms with Crippen molar-refractivity contribution in [3.05, 3.63) is 83.4 Å². The molecule has 0 bridgehead atoms. The third kappa shape index (κ3) is 7.58. The number of carbonyl (C=O) groups excluding carboxylic acids is 2. The molecular formula is C28H30O7. The molecular weight excluding hydrogens is 448 g/mol. The Kier molecular flexibility index (Phi) is 9.69. The van der Waals surface area contributed by atoms with Crippen molar-refractivity contribution in [2.24, 2.45) is 0 Å². The Morgan fingerprint density at radius 3 is 1.77 bits per heavy atom. The summed E-state index contributed by atoms with van der Waals surface area (Å²) in [4.78, 5) is 23.7. The van der Waals surface area contributed by atoms with Gasteiger partial charge in [0.25, 0.3) is 0 Å². The molecule has 0 radical (unpaired) electrons. The lowest BCUT2D eigenvalue weighted by Crippen LogP contribution is -2.09. The van der Waals surface area contributed by atoms with Crippen LogP contribution in [0.25, 0.3) is 11.1 Å².